The van der Waals surface area contributed by atoms with Crippen LogP contribution in [0.25, 0.3) is 0 Å². The van der Waals surface area contributed by atoms with E-state index in [9.17, 15) is 8.78 Å². The van der Waals surface area contributed by atoms with Gasteiger partial charge in [-0.3, -0.25) is 10.7 Å². The van der Waals surface area contributed by atoms with Crippen LogP contribution in [0.4, 0.5) is 8.78 Å². The van der Waals surface area contributed by atoms with Gasteiger partial charge in [-0.1, -0.05) is 6.92 Å². The van der Waals surface area contributed by atoms with Gasteiger partial charge in [-0.05, 0) is 6.08 Å². The lowest BCUT2D eigenvalue weighted by atomic mass is 9.97. The molecule has 1 aliphatic heterocycles. The lowest BCUT2D eigenvalue weighted by molar-refractivity contribution is 0.319. The fourth-order valence-electron chi connectivity index (χ4n) is 1.72. The molecule has 2 heterocycles. The molecule has 18 heavy (non-hydrogen) atoms. The first kappa shape index (κ1) is 12.4. The van der Waals surface area contributed by atoms with E-state index in [0.29, 0.717) is 0 Å². The van der Waals surface area contributed by atoms with Crippen molar-refractivity contribution >= 4 is 5.84 Å². The summed E-state index contributed by atoms with van der Waals surface area (Å²) in [6.45, 7) is 1.63. The highest BCUT2D eigenvalue weighted by molar-refractivity contribution is 5.92. The first-order valence-corrected chi connectivity index (χ1v) is 5.32. The summed E-state index contributed by atoms with van der Waals surface area (Å²) in [6.07, 6.45) is 4.00. The third kappa shape index (κ3) is 2.17. The maximum atomic E-state index is 13.6. The summed E-state index contributed by atoms with van der Waals surface area (Å²) in [7, 11) is 0. The van der Waals surface area contributed by atoms with Crippen molar-refractivity contribution < 1.29 is 8.78 Å². The number of hydrogen-bond acceptors (Lipinski definition) is 5. The highest BCUT2D eigenvalue weighted by Gasteiger charge is 2.35. The third-order valence-electron chi connectivity index (χ3n) is 2.79. The van der Waals surface area contributed by atoms with Crippen molar-refractivity contribution in [3.05, 3.63) is 41.9 Å². The van der Waals surface area contributed by atoms with Crippen LogP contribution in [0.2, 0.25) is 0 Å². The molecule has 0 bridgehead atoms. The number of halogens is 2. The zero-order chi connectivity index (χ0) is 13.3. The quantitative estimate of drug-likeness (QED) is 0.718. The Bertz CT molecular complexity index is 528. The van der Waals surface area contributed by atoms with Crippen molar-refractivity contribution in [2.24, 2.45) is 16.5 Å². The Hall–Kier alpha value is -2.02. The number of aliphatic imine (C=N–C) groups is 1. The average Bonchev–Trinajstić information content (AvgIpc) is 2.28. The van der Waals surface area contributed by atoms with Crippen LogP contribution in [0.3, 0.4) is 0 Å². The predicted octanol–water partition coefficient (Wildman–Crippen LogP) is 0.550. The van der Waals surface area contributed by atoms with E-state index in [1.54, 1.807) is 6.92 Å². The Kier molecular flexibility index (Phi) is 3.00. The van der Waals surface area contributed by atoms with E-state index < -0.39 is 23.3 Å². The molecule has 7 heteroatoms. The third-order valence-corrected chi connectivity index (χ3v) is 2.79. The zero-order valence-corrected chi connectivity index (χ0v) is 9.69. The van der Waals surface area contributed by atoms with Gasteiger partial charge in [-0.25, -0.2) is 13.8 Å². The van der Waals surface area contributed by atoms with Crippen LogP contribution in [0, 0.1) is 11.6 Å². The van der Waals surface area contributed by atoms with Crippen molar-refractivity contribution in [2.45, 2.75) is 18.6 Å². The molecule has 0 aromatic carbocycles. The van der Waals surface area contributed by atoms with Crippen LogP contribution in [0.5, 0.6) is 0 Å². The van der Waals surface area contributed by atoms with Crippen LogP contribution >= 0.6 is 0 Å². The fraction of sp³-hybridized carbons (Fsp3) is 0.273. The van der Waals surface area contributed by atoms with E-state index in [0.717, 1.165) is 12.3 Å². The molecule has 5 nitrogen and oxygen atoms in total. The lowest BCUT2D eigenvalue weighted by Gasteiger charge is -2.33. The predicted molar refractivity (Wildman–Crippen MR) is 63.4 cm³/mol. The van der Waals surface area contributed by atoms with Gasteiger partial charge in [-0.15, -0.1) is 0 Å². The second-order valence-electron chi connectivity index (χ2n) is 4.08. The van der Waals surface area contributed by atoms with E-state index in [1.807, 2.05) is 0 Å². The van der Waals surface area contributed by atoms with Crippen molar-refractivity contribution in [1.82, 2.24) is 10.3 Å². The molecule has 0 radical (unpaired) electrons. The number of nitrogens with two attached hydrogens (primary N) is 2. The molecule has 0 spiro atoms. The van der Waals surface area contributed by atoms with Crippen molar-refractivity contribution in [3.8, 4) is 0 Å². The van der Waals surface area contributed by atoms with Crippen LogP contribution in [-0.2, 0) is 0 Å². The Morgan fingerprint density at radius 1 is 1.44 bits per heavy atom. The van der Waals surface area contributed by atoms with Crippen LogP contribution in [0.15, 0.2) is 29.5 Å². The van der Waals surface area contributed by atoms with Crippen LogP contribution in [0.1, 0.15) is 18.5 Å². The Morgan fingerprint density at radius 3 is 2.78 bits per heavy atom. The monoisotopic (exact) mass is 253 g/mol. The summed E-state index contributed by atoms with van der Waals surface area (Å²) in [5, 5.41) is 2.80. The Morgan fingerprint density at radius 2 is 2.17 bits per heavy atom. The first-order valence-electron chi connectivity index (χ1n) is 5.32. The molecule has 0 aliphatic carbocycles. The smallest absolute Gasteiger partial charge is 0.192 e. The van der Waals surface area contributed by atoms with E-state index in [-0.39, 0.29) is 11.5 Å². The second kappa shape index (κ2) is 4.34. The number of aromatic nitrogens is 1. The summed E-state index contributed by atoms with van der Waals surface area (Å²) in [5.74, 6) is -3.21. The van der Waals surface area contributed by atoms with Gasteiger partial charge in [0.2, 0.25) is 0 Å². The lowest BCUT2D eigenvalue weighted by Crippen LogP contribution is -2.56. The van der Waals surface area contributed by atoms with E-state index in [2.05, 4.69) is 15.3 Å². The van der Waals surface area contributed by atoms with Gasteiger partial charge in [0.25, 0.3) is 0 Å². The molecule has 1 aliphatic rings. The Balaban J connectivity index is 2.36. The van der Waals surface area contributed by atoms with Gasteiger partial charge >= 0.3 is 0 Å². The number of nitrogens with zero attached hydrogens (tertiary/aromatic N) is 2. The van der Waals surface area contributed by atoms with Gasteiger partial charge in [0.15, 0.2) is 5.79 Å². The molecular formula is C11H13F2N5. The van der Waals surface area contributed by atoms with Crippen molar-refractivity contribution in [1.29, 1.82) is 0 Å². The van der Waals surface area contributed by atoms with Gasteiger partial charge in [0, 0.05) is 12.3 Å². The molecule has 0 fully saturated rings. The normalized spacial score (nSPS) is 24.3. The van der Waals surface area contributed by atoms with Crippen molar-refractivity contribution in [3.63, 3.8) is 0 Å². The van der Waals surface area contributed by atoms with Gasteiger partial charge in [0.05, 0.1) is 17.8 Å². The molecule has 0 amide bonds. The van der Waals surface area contributed by atoms with Gasteiger partial charge in [-0.2, -0.15) is 0 Å². The van der Waals surface area contributed by atoms with Crippen LogP contribution < -0.4 is 16.8 Å². The maximum absolute atomic E-state index is 13.6. The molecule has 0 saturated carbocycles. The van der Waals surface area contributed by atoms with Crippen molar-refractivity contribution in [2.75, 3.05) is 0 Å². The highest BCUT2D eigenvalue weighted by Crippen LogP contribution is 2.27. The van der Waals surface area contributed by atoms with Crippen LogP contribution in [-0.4, -0.2) is 16.6 Å². The van der Waals surface area contributed by atoms with E-state index in [4.69, 9.17) is 11.5 Å². The topological polar surface area (TPSA) is 89.3 Å². The SMILES string of the molecule is CC(c1ncc(F)cc1F)C1(N)N=C(N)C=CN1. The summed E-state index contributed by atoms with van der Waals surface area (Å²) < 4.78 is 26.4. The zero-order valence-electron chi connectivity index (χ0n) is 9.69. The molecule has 2 rings (SSSR count). The molecule has 1 aromatic heterocycles. The average molecular weight is 253 g/mol. The number of hydrogen-bond donors (Lipinski definition) is 3. The summed E-state index contributed by atoms with van der Waals surface area (Å²) in [6, 6.07) is 0.758. The molecule has 96 valence electrons. The molecule has 1 aromatic rings. The maximum Gasteiger partial charge on any atom is 0.192 e. The fourth-order valence-corrected chi connectivity index (χ4v) is 1.72. The summed E-state index contributed by atoms with van der Waals surface area (Å²) in [5.41, 5.74) is 11.6. The van der Waals surface area contributed by atoms with E-state index >= 15 is 0 Å². The number of pyridine rings is 1. The highest BCUT2D eigenvalue weighted by atomic mass is 19.1. The molecular weight excluding hydrogens is 240 g/mol. The van der Waals surface area contributed by atoms with E-state index in [1.165, 1.54) is 12.3 Å². The standard InChI is InChI=1S/C11H13F2N5/c1-6(10-8(13)4-7(12)5-16-10)11(15)17-3-2-9(14)18-11/h2-6,17H,15H2,1H3,(H2,14,18). The minimum atomic E-state index is -1.30. The summed E-state index contributed by atoms with van der Waals surface area (Å²) in [4.78, 5) is 7.75. The first-order chi connectivity index (χ1) is 8.42. The summed E-state index contributed by atoms with van der Waals surface area (Å²) >= 11 is 0. The second-order valence-corrected chi connectivity index (χ2v) is 4.08. The molecule has 5 N–H and O–H groups in total. The van der Waals surface area contributed by atoms with Gasteiger partial charge in [0.1, 0.15) is 17.5 Å². The minimum absolute atomic E-state index is 0.0262. The minimum Gasteiger partial charge on any atom is -0.384 e. The molecule has 0 saturated heterocycles. The number of rotatable bonds is 2. The molecule has 2 atom stereocenters. The Labute approximate surface area is 103 Å². The number of nitrogens with one attached hydrogen (secondary N) is 1. The molecule has 2 unspecified atom stereocenters. The largest absolute Gasteiger partial charge is 0.384 e. The number of amidine groups is 1. The van der Waals surface area contributed by atoms with Gasteiger partial charge < -0.3 is 11.1 Å².